The van der Waals surface area contributed by atoms with Gasteiger partial charge < -0.3 is 14.8 Å². The Morgan fingerprint density at radius 3 is 2.53 bits per heavy atom. The third kappa shape index (κ3) is 4.84. The number of nitrogens with zero attached hydrogens (tertiary/aromatic N) is 3. The fourth-order valence-corrected chi connectivity index (χ4v) is 3.74. The van der Waals surface area contributed by atoms with E-state index in [1.54, 1.807) is 23.4 Å². The second kappa shape index (κ2) is 9.44. The predicted octanol–water partition coefficient (Wildman–Crippen LogP) is 4.32. The molecule has 0 atom stereocenters. The summed E-state index contributed by atoms with van der Waals surface area (Å²) in [6, 6.07) is 16.8. The summed E-state index contributed by atoms with van der Waals surface area (Å²) in [5.74, 6) is -0.0219. The number of aromatic nitrogens is 3. The zero-order valence-corrected chi connectivity index (χ0v) is 18.3. The van der Waals surface area contributed by atoms with Crippen LogP contribution in [0.2, 0.25) is 0 Å². The Morgan fingerprint density at radius 1 is 1.09 bits per heavy atom. The van der Waals surface area contributed by atoms with Crippen molar-refractivity contribution in [1.82, 2.24) is 14.8 Å². The van der Waals surface area contributed by atoms with E-state index in [9.17, 15) is 9.59 Å². The molecule has 0 aliphatic carbocycles. The summed E-state index contributed by atoms with van der Waals surface area (Å²) in [6.45, 7) is 1.39. The van der Waals surface area contributed by atoms with Crippen LogP contribution in [0.1, 0.15) is 23.0 Å². The number of para-hydroxylation sites is 1. The van der Waals surface area contributed by atoms with Crippen molar-refractivity contribution in [2.75, 3.05) is 12.4 Å². The molecule has 0 bridgehead atoms. The Kier molecular flexibility index (Phi) is 6.27. The van der Waals surface area contributed by atoms with Gasteiger partial charge in [-0.05, 0) is 36.4 Å². The second-order valence-electron chi connectivity index (χ2n) is 6.80. The molecule has 4 rings (SSSR count). The van der Waals surface area contributed by atoms with Crippen molar-refractivity contribution in [2.24, 2.45) is 0 Å². The van der Waals surface area contributed by atoms with Crippen LogP contribution < -0.4 is 10.1 Å². The molecular weight excluding hydrogens is 428 g/mol. The quantitative estimate of drug-likeness (QED) is 0.423. The maximum absolute atomic E-state index is 13.0. The zero-order chi connectivity index (χ0) is 22.5. The first-order valence-electron chi connectivity index (χ1n) is 9.72. The molecule has 2 aromatic carbocycles. The number of amides is 1. The minimum Gasteiger partial charge on any atom is -0.497 e. The number of rotatable bonds is 7. The summed E-state index contributed by atoms with van der Waals surface area (Å²) in [6.07, 6.45) is 1.65. The summed E-state index contributed by atoms with van der Waals surface area (Å²) in [4.78, 5) is 28.4. The molecule has 1 amide bonds. The highest BCUT2D eigenvalue weighted by atomic mass is 32.1. The largest absolute Gasteiger partial charge is 0.497 e. The summed E-state index contributed by atoms with van der Waals surface area (Å²) in [5.41, 5.74) is 2.96. The number of thiazole rings is 1. The molecule has 0 spiro atoms. The number of benzene rings is 2. The van der Waals surface area contributed by atoms with E-state index < -0.39 is 5.97 Å². The lowest BCUT2D eigenvalue weighted by molar-refractivity contribution is -0.114. The number of carbonyl (C=O) groups excluding carboxylic acids is 2. The Hall–Kier alpha value is -3.98. The number of ether oxygens (including phenoxy) is 2. The average Bonchev–Trinajstić information content (AvgIpc) is 3.45. The monoisotopic (exact) mass is 448 g/mol. The first kappa shape index (κ1) is 21.3. The van der Waals surface area contributed by atoms with Crippen molar-refractivity contribution in [3.63, 3.8) is 0 Å². The van der Waals surface area contributed by atoms with Crippen molar-refractivity contribution in [1.29, 1.82) is 0 Å². The van der Waals surface area contributed by atoms with E-state index in [4.69, 9.17) is 9.47 Å². The van der Waals surface area contributed by atoms with Gasteiger partial charge in [0, 0.05) is 24.1 Å². The first-order valence-corrected chi connectivity index (χ1v) is 10.6. The summed E-state index contributed by atoms with van der Waals surface area (Å²) in [7, 11) is 1.59. The van der Waals surface area contributed by atoms with Crippen molar-refractivity contribution in [2.45, 2.75) is 13.5 Å². The third-order valence-electron chi connectivity index (χ3n) is 4.50. The van der Waals surface area contributed by atoms with Crippen LogP contribution in [-0.4, -0.2) is 33.8 Å². The number of methoxy groups -OCH3 is 1. The van der Waals surface area contributed by atoms with Crippen LogP contribution in [0.15, 0.2) is 66.2 Å². The maximum atomic E-state index is 13.0. The number of esters is 1. The van der Waals surface area contributed by atoms with Crippen molar-refractivity contribution < 1.29 is 19.1 Å². The van der Waals surface area contributed by atoms with Gasteiger partial charge in [0.2, 0.25) is 5.91 Å². The molecule has 8 nitrogen and oxygen atoms in total. The average molecular weight is 449 g/mol. The SMILES string of the molecule is COc1ccc(-c2nn(-c3ccccc3)cc2C(=O)OCc2csc(NC(C)=O)n2)cc1. The molecule has 2 heterocycles. The van der Waals surface area contributed by atoms with Gasteiger partial charge in [0.1, 0.15) is 23.6 Å². The molecule has 2 aromatic heterocycles. The Labute approximate surface area is 188 Å². The van der Waals surface area contributed by atoms with Crippen molar-refractivity contribution in [3.05, 3.63) is 77.4 Å². The molecule has 0 saturated carbocycles. The minimum absolute atomic E-state index is 0.0203. The topological polar surface area (TPSA) is 95.3 Å². The van der Waals surface area contributed by atoms with Gasteiger partial charge in [-0.25, -0.2) is 14.5 Å². The standard InChI is InChI=1S/C23H20N4O4S/c1-15(28)24-23-25-17(14-32-23)13-31-22(29)20-12-27(18-6-4-3-5-7-18)26-21(20)16-8-10-19(30-2)11-9-16/h3-12,14H,13H2,1-2H3,(H,24,25,28). The van der Waals surface area contributed by atoms with E-state index >= 15 is 0 Å². The van der Waals surface area contributed by atoms with Gasteiger partial charge in [-0.3, -0.25) is 4.79 Å². The van der Waals surface area contributed by atoms with Gasteiger partial charge >= 0.3 is 5.97 Å². The molecular formula is C23H20N4O4S. The maximum Gasteiger partial charge on any atom is 0.342 e. The van der Waals surface area contributed by atoms with Crippen LogP contribution in [0.5, 0.6) is 5.75 Å². The van der Waals surface area contributed by atoms with Gasteiger partial charge in [-0.1, -0.05) is 18.2 Å². The second-order valence-corrected chi connectivity index (χ2v) is 7.66. The highest BCUT2D eigenvalue weighted by Gasteiger charge is 2.20. The summed E-state index contributed by atoms with van der Waals surface area (Å²) < 4.78 is 12.4. The minimum atomic E-state index is -0.521. The smallest absolute Gasteiger partial charge is 0.342 e. The molecule has 0 aliphatic rings. The molecule has 32 heavy (non-hydrogen) atoms. The molecule has 1 N–H and O–H groups in total. The van der Waals surface area contributed by atoms with Gasteiger partial charge in [-0.2, -0.15) is 5.10 Å². The number of hydrogen-bond donors (Lipinski definition) is 1. The molecule has 0 unspecified atom stereocenters. The van der Waals surface area contributed by atoms with Crippen LogP contribution in [0.25, 0.3) is 16.9 Å². The highest BCUT2D eigenvalue weighted by molar-refractivity contribution is 7.13. The molecule has 4 aromatic rings. The zero-order valence-electron chi connectivity index (χ0n) is 17.4. The van der Waals surface area contributed by atoms with Crippen LogP contribution >= 0.6 is 11.3 Å². The predicted molar refractivity (Wildman–Crippen MR) is 121 cm³/mol. The lowest BCUT2D eigenvalue weighted by Crippen LogP contribution is -2.07. The van der Waals surface area contributed by atoms with E-state index in [0.717, 1.165) is 11.3 Å². The lowest BCUT2D eigenvalue weighted by Gasteiger charge is -2.05. The molecule has 0 saturated heterocycles. The lowest BCUT2D eigenvalue weighted by atomic mass is 10.1. The van der Waals surface area contributed by atoms with Crippen molar-refractivity contribution in [3.8, 4) is 22.7 Å². The van der Waals surface area contributed by atoms with E-state index in [2.05, 4.69) is 15.4 Å². The highest BCUT2D eigenvalue weighted by Crippen LogP contribution is 2.27. The van der Waals surface area contributed by atoms with Crippen LogP contribution in [-0.2, 0) is 16.1 Å². The van der Waals surface area contributed by atoms with Gasteiger partial charge in [0.05, 0.1) is 18.5 Å². The number of nitrogens with one attached hydrogen (secondary N) is 1. The molecule has 0 aliphatic heterocycles. The van der Waals surface area contributed by atoms with E-state index in [1.165, 1.54) is 18.3 Å². The number of carbonyl (C=O) groups is 2. The van der Waals surface area contributed by atoms with Gasteiger partial charge in [0.25, 0.3) is 0 Å². The Bertz CT molecular complexity index is 1230. The van der Waals surface area contributed by atoms with Crippen molar-refractivity contribution >= 4 is 28.3 Å². The third-order valence-corrected chi connectivity index (χ3v) is 5.31. The number of anilines is 1. The van der Waals surface area contributed by atoms with Crippen LogP contribution in [0.3, 0.4) is 0 Å². The first-order chi connectivity index (χ1) is 15.5. The number of hydrogen-bond acceptors (Lipinski definition) is 7. The van der Waals surface area contributed by atoms with Gasteiger partial charge in [0.15, 0.2) is 5.13 Å². The van der Waals surface area contributed by atoms with E-state index in [0.29, 0.717) is 27.8 Å². The van der Waals surface area contributed by atoms with Crippen LogP contribution in [0, 0.1) is 0 Å². The van der Waals surface area contributed by atoms with E-state index in [1.807, 2.05) is 54.6 Å². The Balaban J connectivity index is 1.60. The van der Waals surface area contributed by atoms with Crippen LogP contribution in [0.4, 0.5) is 5.13 Å². The summed E-state index contributed by atoms with van der Waals surface area (Å²) >= 11 is 1.27. The van der Waals surface area contributed by atoms with Gasteiger partial charge in [-0.15, -0.1) is 11.3 Å². The molecule has 0 fully saturated rings. The summed E-state index contributed by atoms with van der Waals surface area (Å²) in [5, 5.41) is 9.43. The van der Waals surface area contributed by atoms with E-state index in [-0.39, 0.29) is 12.5 Å². The fraction of sp³-hybridized carbons (Fsp3) is 0.130. The molecule has 0 radical (unpaired) electrons. The normalized spacial score (nSPS) is 10.6. The molecule has 9 heteroatoms. The molecule has 162 valence electrons. The fourth-order valence-electron chi connectivity index (χ4n) is 3.00. The Morgan fingerprint density at radius 2 is 1.84 bits per heavy atom.